The van der Waals surface area contributed by atoms with Gasteiger partial charge in [-0.25, -0.2) is 4.79 Å². The van der Waals surface area contributed by atoms with Crippen LogP contribution in [0.5, 0.6) is 17.2 Å². The van der Waals surface area contributed by atoms with Gasteiger partial charge in [0.2, 0.25) is 0 Å². The Hall–Kier alpha value is -2.89. The van der Waals surface area contributed by atoms with Gasteiger partial charge in [-0.15, -0.1) is 0 Å². The Morgan fingerprint density at radius 3 is 2.74 bits per heavy atom. The summed E-state index contributed by atoms with van der Waals surface area (Å²) in [6, 6.07) is 12.9. The summed E-state index contributed by atoms with van der Waals surface area (Å²) in [5, 5.41) is 2.98. The summed E-state index contributed by atoms with van der Waals surface area (Å²) in [6.45, 7) is 3.21. The molecule has 0 bridgehead atoms. The van der Waals surface area contributed by atoms with Crippen LogP contribution in [0.25, 0.3) is 0 Å². The van der Waals surface area contributed by atoms with Crippen LogP contribution in [0, 0.1) is 0 Å². The number of ether oxygens (including phenoxy) is 3. The lowest BCUT2D eigenvalue weighted by Crippen LogP contribution is -2.34. The first-order chi connectivity index (χ1) is 13.2. The van der Waals surface area contributed by atoms with Crippen LogP contribution in [0.1, 0.15) is 31.4 Å². The maximum atomic E-state index is 12.9. The van der Waals surface area contributed by atoms with Crippen LogP contribution in [0.2, 0.25) is 0 Å². The van der Waals surface area contributed by atoms with Crippen molar-refractivity contribution in [3.63, 3.8) is 0 Å². The van der Waals surface area contributed by atoms with Gasteiger partial charge in [0.15, 0.2) is 0 Å². The molecule has 1 fully saturated rings. The Balaban J connectivity index is 1.80. The zero-order valence-electron chi connectivity index (χ0n) is 16.0. The zero-order valence-corrected chi connectivity index (χ0v) is 16.0. The van der Waals surface area contributed by atoms with Crippen LogP contribution < -0.4 is 19.5 Å². The van der Waals surface area contributed by atoms with E-state index in [-0.39, 0.29) is 12.1 Å². The molecule has 1 aliphatic rings. The van der Waals surface area contributed by atoms with Crippen LogP contribution in [-0.2, 0) is 0 Å². The number of rotatable bonds is 6. The van der Waals surface area contributed by atoms with Gasteiger partial charge < -0.3 is 24.4 Å². The topological polar surface area (TPSA) is 60.0 Å². The third-order valence-corrected chi connectivity index (χ3v) is 4.71. The molecule has 27 heavy (non-hydrogen) atoms. The third-order valence-electron chi connectivity index (χ3n) is 4.71. The number of hydrogen-bond acceptors (Lipinski definition) is 4. The summed E-state index contributed by atoms with van der Waals surface area (Å²) in [5.41, 5.74) is 1.68. The van der Waals surface area contributed by atoms with Gasteiger partial charge in [0.1, 0.15) is 17.2 Å². The van der Waals surface area contributed by atoms with E-state index in [0.717, 1.165) is 35.7 Å². The number of nitrogens with one attached hydrogen (secondary N) is 1. The van der Waals surface area contributed by atoms with E-state index in [1.54, 1.807) is 14.2 Å². The predicted octanol–water partition coefficient (Wildman–Crippen LogP) is 4.47. The van der Waals surface area contributed by atoms with Crippen molar-refractivity contribution in [2.75, 3.05) is 32.7 Å². The molecule has 0 aliphatic carbocycles. The Morgan fingerprint density at radius 1 is 1.15 bits per heavy atom. The highest BCUT2D eigenvalue weighted by molar-refractivity contribution is 5.90. The zero-order chi connectivity index (χ0) is 19.2. The monoisotopic (exact) mass is 370 g/mol. The SMILES string of the molecule is CCOc1cccc(NC(=O)N2CCCC2c2cc(OC)ccc2OC)c1. The summed E-state index contributed by atoms with van der Waals surface area (Å²) >= 11 is 0. The quantitative estimate of drug-likeness (QED) is 0.815. The highest BCUT2D eigenvalue weighted by Crippen LogP contribution is 2.39. The molecular weight excluding hydrogens is 344 g/mol. The van der Waals surface area contributed by atoms with Crippen molar-refractivity contribution in [3.05, 3.63) is 48.0 Å². The predicted molar refractivity (Wildman–Crippen MR) is 105 cm³/mol. The fraction of sp³-hybridized carbons (Fsp3) is 0.381. The molecular formula is C21H26N2O4. The first kappa shape index (κ1) is 18.9. The van der Waals surface area contributed by atoms with Crippen molar-refractivity contribution in [1.82, 2.24) is 4.90 Å². The van der Waals surface area contributed by atoms with E-state index < -0.39 is 0 Å². The van der Waals surface area contributed by atoms with Gasteiger partial charge in [0, 0.05) is 23.9 Å². The molecule has 0 aromatic heterocycles. The van der Waals surface area contributed by atoms with Crippen LogP contribution in [0.4, 0.5) is 10.5 Å². The number of anilines is 1. The second-order valence-electron chi connectivity index (χ2n) is 6.35. The van der Waals surface area contributed by atoms with Crippen molar-refractivity contribution < 1.29 is 19.0 Å². The van der Waals surface area contributed by atoms with Crippen LogP contribution in [0.15, 0.2) is 42.5 Å². The summed E-state index contributed by atoms with van der Waals surface area (Å²) in [5.74, 6) is 2.25. The fourth-order valence-corrected chi connectivity index (χ4v) is 3.46. The van der Waals surface area contributed by atoms with E-state index in [1.807, 2.05) is 54.3 Å². The van der Waals surface area contributed by atoms with Crippen LogP contribution >= 0.6 is 0 Å². The maximum Gasteiger partial charge on any atom is 0.322 e. The minimum absolute atomic E-state index is 0.0508. The number of carbonyl (C=O) groups is 1. The minimum Gasteiger partial charge on any atom is -0.497 e. The Kier molecular flexibility index (Phi) is 6.06. The molecule has 1 atom stereocenters. The summed E-state index contributed by atoms with van der Waals surface area (Å²) in [6.07, 6.45) is 1.83. The lowest BCUT2D eigenvalue weighted by Gasteiger charge is -2.27. The second kappa shape index (κ2) is 8.66. The van der Waals surface area contributed by atoms with Crippen molar-refractivity contribution >= 4 is 11.7 Å². The van der Waals surface area contributed by atoms with E-state index in [2.05, 4.69) is 5.32 Å². The number of nitrogens with zero attached hydrogens (tertiary/aromatic N) is 1. The van der Waals surface area contributed by atoms with Gasteiger partial charge in [0.05, 0.1) is 26.9 Å². The van der Waals surface area contributed by atoms with Crippen LogP contribution in [-0.4, -0.2) is 38.3 Å². The first-order valence-electron chi connectivity index (χ1n) is 9.18. The molecule has 1 aliphatic heterocycles. The third kappa shape index (κ3) is 4.27. The minimum atomic E-state index is -0.129. The standard InChI is InChI=1S/C21H26N2O4/c1-4-27-17-8-5-7-15(13-17)22-21(24)23-12-6-9-19(23)18-14-16(25-2)10-11-20(18)26-3/h5,7-8,10-11,13-14,19H,4,6,9,12H2,1-3H3,(H,22,24). The lowest BCUT2D eigenvalue weighted by atomic mass is 10.0. The number of carbonyl (C=O) groups excluding carboxylic acids is 1. The molecule has 6 heteroatoms. The number of likely N-dealkylation sites (tertiary alicyclic amines) is 1. The van der Waals surface area contributed by atoms with Gasteiger partial charge in [-0.2, -0.15) is 0 Å². The van der Waals surface area contributed by atoms with Gasteiger partial charge in [-0.1, -0.05) is 6.07 Å². The number of urea groups is 1. The normalized spacial score (nSPS) is 16.1. The molecule has 3 rings (SSSR count). The first-order valence-corrected chi connectivity index (χ1v) is 9.18. The Morgan fingerprint density at radius 2 is 2.00 bits per heavy atom. The molecule has 0 saturated carbocycles. The number of hydrogen-bond donors (Lipinski definition) is 1. The van der Waals surface area contributed by atoms with Crippen LogP contribution in [0.3, 0.4) is 0 Å². The van der Waals surface area contributed by atoms with Crippen molar-refractivity contribution in [2.45, 2.75) is 25.8 Å². The highest BCUT2D eigenvalue weighted by atomic mass is 16.5. The number of methoxy groups -OCH3 is 2. The summed E-state index contributed by atoms with van der Waals surface area (Å²) in [4.78, 5) is 14.8. The molecule has 6 nitrogen and oxygen atoms in total. The van der Waals surface area contributed by atoms with E-state index in [4.69, 9.17) is 14.2 Å². The molecule has 1 N–H and O–H groups in total. The van der Waals surface area contributed by atoms with E-state index in [9.17, 15) is 4.79 Å². The summed E-state index contributed by atoms with van der Waals surface area (Å²) in [7, 11) is 3.28. The largest absolute Gasteiger partial charge is 0.497 e. The molecule has 1 saturated heterocycles. The van der Waals surface area contributed by atoms with Crippen molar-refractivity contribution in [2.24, 2.45) is 0 Å². The molecule has 2 aromatic carbocycles. The lowest BCUT2D eigenvalue weighted by molar-refractivity contribution is 0.206. The molecule has 0 radical (unpaired) electrons. The van der Waals surface area contributed by atoms with Gasteiger partial charge in [0.25, 0.3) is 0 Å². The molecule has 1 heterocycles. The van der Waals surface area contributed by atoms with E-state index >= 15 is 0 Å². The van der Waals surface area contributed by atoms with E-state index in [1.165, 1.54) is 0 Å². The number of benzene rings is 2. The Labute approximate surface area is 160 Å². The van der Waals surface area contributed by atoms with Crippen molar-refractivity contribution in [1.29, 1.82) is 0 Å². The van der Waals surface area contributed by atoms with E-state index in [0.29, 0.717) is 18.8 Å². The van der Waals surface area contributed by atoms with Gasteiger partial charge in [-0.05, 0) is 50.1 Å². The molecule has 2 amide bonds. The Bertz CT molecular complexity index is 794. The smallest absolute Gasteiger partial charge is 0.322 e. The molecule has 144 valence electrons. The highest BCUT2D eigenvalue weighted by Gasteiger charge is 2.32. The number of amides is 2. The van der Waals surface area contributed by atoms with Gasteiger partial charge in [-0.3, -0.25) is 0 Å². The fourth-order valence-electron chi connectivity index (χ4n) is 3.46. The average molecular weight is 370 g/mol. The maximum absolute atomic E-state index is 12.9. The molecule has 0 spiro atoms. The molecule has 2 aromatic rings. The second-order valence-corrected chi connectivity index (χ2v) is 6.35. The van der Waals surface area contributed by atoms with Crippen molar-refractivity contribution in [3.8, 4) is 17.2 Å². The van der Waals surface area contributed by atoms with Gasteiger partial charge >= 0.3 is 6.03 Å². The average Bonchev–Trinajstić information content (AvgIpc) is 3.18. The summed E-state index contributed by atoms with van der Waals surface area (Å²) < 4.78 is 16.4. The molecule has 1 unspecified atom stereocenters.